The number of nitrogens with one attached hydrogen (secondary N) is 1. The third-order valence-corrected chi connectivity index (χ3v) is 8.44. The Morgan fingerprint density at radius 2 is 1.68 bits per heavy atom. The first-order valence-corrected chi connectivity index (χ1v) is 14.6. The minimum atomic E-state index is -3.96. The van der Waals surface area contributed by atoms with Crippen molar-refractivity contribution < 1.29 is 17.9 Å². The van der Waals surface area contributed by atoms with Gasteiger partial charge in [-0.15, -0.1) is 0 Å². The molecule has 0 aromatic heterocycles. The van der Waals surface area contributed by atoms with Crippen molar-refractivity contribution in [2.75, 3.05) is 37.7 Å². The van der Waals surface area contributed by atoms with E-state index in [1.165, 1.54) is 6.07 Å². The number of carbonyl (C=O) groups is 1. The average molecular weight is 556 g/mol. The van der Waals surface area contributed by atoms with Gasteiger partial charge in [0.1, 0.15) is 11.8 Å². The number of amides is 1. The van der Waals surface area contributed by atoms with Crippen LogP contribution in [0.5, 0.6) is 5.75 Å². The van der Waals surface area contributed by atoms with Gasteiger partial charge < -0.3 is 14.5 Å². The summed E-state index contributed by atoms with van der Waals surface area (Å²) in [5, 5.41) is 0.672. The van der Waals surface area contributed by atoms with Crippen molar-refractivity contribution in [3.63, 3.8) is 0 Å². The van der Waals surface area contributed by atoms with Gasteiger partial charge in [0.05, 0.1) is 11.5 Å². The van der Waals surface area contributed by atoms with Gasteiger partial charge in [-0.3, -0.25) is 4.79 Å². The lowest BCUT2D eigenvalue weighted by atomic mass is 10.1. The molecule has 1 saturated heterocycles. The number of nitrogens with zero attached hydrogens (tertiary/aromatic N) is 2. The van der Waals surface area contributed by atoms with Gasteiger partial charge in [0, 0.05) is 36.9 Å². The van der Waals surface area contributed by atoms with E-state index >= 15 is 0 Å². The molecule has 0 bridgehead atoms. The number of sulfonamides is 1. The Balaban J connectivity index is 1.53. The molecule has 1 N–H and O–H groups in total. The van der Waals surface area contributed by atoms with Crippen LogP contribution in [-0.2, 0) is 21.2 Å². The van der Waals surface area contributed by atoms with Gasteiger partial charge in [-0.2, -0.15) is 4.72 Å². The maximum atomic E-state index is 13.7. The van der Waals surface area contributed by atoms with Crippen LogP contribution in [0.3, 0.4) is 0 Å². The number of benzene rings is 3. The van der Waals surface area contributed by atoms with Crippen LogP contribution in [0.4, 0.5) is 5.69 Å². The molecule has 202 valence electrons. The quantitative estimate of drug-likeness (QED) is 0.418. The van der Waals surface area contributed by atoms with E-state index < -0.39 is 16.1 Å². The number of hydrogen-bond acceptors (Lipinski definition) is 5. The monoisotopic (exact) mass is 555 g/mol. The van der Waals surface area contributed by atoms with Crippen LogP contribution in [0.1, 0.15) is 23.6 Å². The molecule has 1 fully saturated rings. The fraction of sp³-hybridized carbons (Fsp3) is 0.345. The Labute approximate surface area is 230 Å². The number of rotatable bonds is 9. The molecule has 9 heteroatoms. The second-order valence-electron chi connectivity index (χ2n) is 9.47. The maximum Gasteiger partial charge on any atom is 0.241 e. The Morgan fingerprint density at radius 3 is 2.34 bits per heavy atom. The van der Waals surface area contributed by atoms with Gasteiger partial charge in [-0.25, -0.2) is 8.42 Å². The molecule has 1 aliphatic heterocycles. The van der Waals surface area contributed by atoms with Gasteiger partial charge in [-0.05, 0) is 74.2 Å². The predicted octanol–water partition coefficient (Wildman–Crippen LogP) is 4.59. The molecule has 0 radical (unpaired) electrons. The van der Waals surface area contributed by atoms with E-state index in [4.69, 9.17) is 16.3 Å². The number of carbonyl (C=O) groups excluding carboxylic acids is 1. The highest BCUT2D eigenvalue weighted by atomic mass is 35.5. The molecule has 0 aliphatic carbocycles. The van der Waals surface area contributed by atoms with Crippen LogP contribution in [0, 0.1) is 13.8 Å². The molecular formula is C29H34ClN3O4S. The highest BCUT2D eigenvalue weighted by Gasteiger charge is 2.32. The summed E-state index contributed by atoms with van der Waals surface area (Å²) in [6.45, 7) is 8.45. The van der Waals surface area contributed by atoms with E-state index in [1.807, 2.05) is 62.4 Å². The lowest BCUT2D eigenvalue weighted by Gasteiger charge is -2.38. The van der Waals surface area contributed by atoms with Crippen LogP contribution in [0.25, 0.3) is 0 Å². The van der Waals surface area contributed by atoms with Crippen molar-refractivity contribution in [1.29, 1.82) is 0 Å². The first-order valence-electron chi connectivity index (χ1n) is 12.8. The molecular weight excluding hydrogens is 522 g/mol. The van der Waals surface area contributed by atoms with Crippen LogP contribution in [0.15, 0.2) is 71.6 Å². The van der Waals surface area contributed by atoms with Crippen molar-refractivity contribution in [2.24, 2.45) is 0 Å². The fourth-order valence-corrected chi connectivity index (χ4v) is 6.14. The van der Waals surface area contributed by atoms with Crippen molar-refractivity contribution in [3.05, 3.63) is 88.4 Å². The Bertz CT molecular complexity index is 1370. The SMILES string of the molecule is CCOc1ccc(S(=O)(=O)N[C@H](Cc2ccccc2)C(=O)N2CCN(c3cc(Cl)ccc3C)CC2)cc1C. The van der Waals surface area contributed by atoms with Crippen molar-refractivity contribution >= 4 is 33.2 Å². The second-order valence-corrected chi connectivity index (χ2v) is 11.6. The predicted molar refractivity (Wildman–Crippen MR) is 152 cm³/mol. The Kier molecular flexibility index (Phi) is 8.97. The molecule has 1 heterocycles. The summed E-state index contributed by atoms with van der Waals surface area (Å²) in [5.41, 5.74) is 3.77. The maximum absolute atomic E-state index is 13.7. The van der Waals surface area contributed by atoms with Gasteiger partial charge in [0.25, 0.3) is 0 Å². The molecule has 38 heavy (non-hydrogen) atoms. The number of aryl methyl sites for hydroxylation is 2. The van der Waals surface area contributed by atoms with E-state index in [0.717, 1.165) is 16.8 Å². The summed E-state index contributed by atoms with van der Waals surface area (Å²) in [5.74, 6) is 0.402. The zero-order valence-electron chi connectivity index (χ0n) is 22.0. The highest BCUT2D eigenvalue weighted by molar-refractivity contribution is 7.89. The minimum Gasteiger partial charge on any atom is -0.494 e. The molecule has 0 saturated carbocycles. The molecule has 3 aromatic carbocycles. The van der Waals surface area contributed by atoms with Crippen LogP contribution in [-0.4, -0.2) is 58.1 Å². The summed E-state index contributed by atoms with van der Waals surface area (Å²) < 4.78 is 35.1. The van der Waals surface area contributed by atoms with Gasteiger partial charge in [0.2, 0.25) is 15.9 Å². The van der Waals surface area contributed by atoms with Gasteiger partial charge in [-0.1, -0.05) is 48.0 Å². The second kappa shape index (κ2) is 12.2. The summed E-state index contributed by atoms with van der Waals surface area (Å²) >= 11 is 6.22. The van der Waals surface area contributed by atoms with Crippen molar-refractivity contribution in [1.82, 2.24) is 9.62 Å². The van der Waals surface area contributed by atoms with Crippen LogP contribution >= 0.6 is 11.6 Å². The molecule has 1 aliphatic rings. The van der Waals surface area contributed by atoms with E-state index in [1.54, 1.807) is 24.0 Å². The zero-order valence-corrected chi connectivity index (χ0v) is 23.6. The van der Waals surface area contributed by atoms with Crippen molar-refractivity contribution in [3.8, 4) is 5.75 Å². The lowest BCUT2D eigenvalue weighted by Crippen LogP contribution is -2.55. The molecule has 7 nitrogen and oxygen atoms in total. The smallest absolute Gasteiger partial charge is 0.241 e. The highest BCUT2D eigenvalue weighted by Crippen LogP contribution is 2.26. The fourth-order valence-electron chi connectivity index (χ4n) is 4.70. The number of halogens is 1. The average Bonchev–Trinajstić information content (AvgIpc) is 2.91. The molecule has 1 amide bonds. The molecule has 1 atom stereocenters. The third kappa shape index (κ3) is 6.67. The summed E-state index contributed by atoms with van der Waals surface area (Å²) in [6.07, 6.45) is 0.253. The number of ether oxygens (including phenoxy) is 1. The molecule has 3 aromatic rings. The van der Waals surface area contributed by atoms with Gasteiger partial charge >= 0.3 is 0 Å². The summed E-state index contributed by atoms with van der Waals surface area (Å²) in [7, 11) is -3.96. The normalized spacial score (nSPS) is 14.8. The number of hydrogen-bond donors (Lipinski definition) is 1. The van der Waals surface area contributed by atoms with E-state index in [0.29, 0.717) is 49.1 Å². The number of anilines is 1. The van der Waals surface area contributed by atoms with Crippen LogP contribution < -0.4 is 14.4 Å². The van der Waals surface area contributed by atoms with Crippen molar-refractivity contribution in [2.45, 2.75) is 38.1 Å². The first-order chi connectivity index (χ1) is 18.2. The standard InChI is InChI=1S/C29H34ClN3O4S/c1-4-37-28-13-12-25(18-22(28)3)38(35,36)31-26(19-23-8-6-5-7-9-23)29(34)33-16-14-32(15-17-33)27-20-24(30)11-10-21(27)2/h5-13,18,20,26,31H,4,14-17,19H2,1-3H3/t26-/m1/s1. The largest absolute Gasteiger partial charge is 0.494 e. The molecule has 0 unspecified atom stereocenters. The third-order valence-electron chi connectivity index (χ3n) is 6.74. The minimum absolute atomic E-state index is 0.102. The summed E-state index contributed by atoms with van der Waals surface area (Å²) in [4.78, 5) is 17.8. The number of piperazine rings is 1. The summed E-state index contributed by atoms with van der Waals surface area (Å²) in [6, 6.07) is 19.1. The zero-order chi connectivity index (χ0) is 27.3. The van der Waals surface area contributed by atoms with E-state index in [-0.39, 0.29) is 17.2 Å². The Hall–Kier alpha value is -3.07. The van der Waals surface area contributed by atoms with Crippen LogP contribution in [0.2, 0.25) is 5.02 Å². The lowest BCUT2D eigenvalue weighted by molar-refractivity contribution is -0.133. The molecule has 0 spiro atoms. The molecule has 4 rings (SSSR count). The Morgan fingerprint density at radius 1 is 0.974 bits per heavy atom. The first kappa shape index (κ1) is 28.0. The van der Waals surface area contributed by atoms with E-state index in [2.05, 4.69) is 9.62 Å². The topological polar surface area (TPSA) is 78.9 Å². The van der Waals surface area contributed by atoms with E-state index in [9.17, 15) is 13.2 Å². The van der Waals surface area contributed by atoms with Gasteiger partial charge in [0.15, 0.2) is 0 Å².